The Morgan fingerprint density at radius 3 is 2.52 bits per heavy atom. The Labute approximate surface area is 184 Å². The van der Waals surface area contributed by atoms with E-state index in [0.29, 0.717) is 17.0 Å². The fourth-order valence-electron chi connectivity index (χ4n) is 4.30. The molecule has 0 aliphatic carbocycles. The number of aliphatic hydroxyl groups is 3. The zero-order valence-electron chi connectivity index (χ0n) is 17.0. The van der Waals surface area contributed by atoms with E-state index < -0.39 is 30.2 Å². The highest BCUT2D eigenvalue weighted by molar-refractivity contribution is 6.31. The third-order valence-corrected chi connectivity index (χ3v) is 6.44. The molecule has 2 heterocycles. The second-order valence-electron chi connectivity index (χ2n) is 7.85. The highest BCUT2D eigenvalue weighted by atomic mass is 35.5. The van der Waals surface area contributed by atoms with Gasteiger partial charge in [-0.2, -0.15) is 0 Å². The molecule has 8 nitrogen and oxygen atoms in total. The van der Waals surface area contributed by atoms with Crippen LogP contribution in [0.5, 0.6) is 0 Å². The topological polar surface area (TPSA) is 128 Å². The Morgan fingerprint density at radius 1 is 1.13 bits per heavy atom. The van der Waals surface area contributed by atoms with Crippen LogP contribution in [0.25, 0.3) is 10.4 Å². The molecule has 0 radical (unpaired) electrons. The van der Waals surface area contributed by atoms with Crippen LogP contribution < -0.4 is 0 Å². The molecule has 9 heteroatoms. The summed E-state index contributed by atoms with van der Waals surface area (Å²) in [6.45, 7) is 2.00. The minimum absolute atomic E-state index is 0.117. The van der Waals surface area contributed by atoms with Crippen molar-refractivity contribution in [2.24, 2.45) is 5.11 Å². The van der Waals surface area contributed by atoms with E-state index in [-0.39, 0.29) is 13.2 Å². The van der Waals surface area contributed by atoms with Gasteiger partial charge in [-0.3, -0.25) is 0 Å². The van der Waals surface area contributed by atoms with E-state index in [1.807, 2.05) is 0 Å². The zero-order chi connectivity index (χ0) is 22.2. The first-order valence-electron chi connectivity index (χ1n) is 10.2. The minimum Gasteiger partial charge on any atom is -0.388 e. The fraction of sp³-hybridized carbons (Fsp3) is 0.455. The molecule has 1 saturated heterocycles. The van der Waals surface area contributed by atoms with Gasteiger partial charge in [0.05, 0.1) is 19.3 Å². The van der Waals surface area contributed by atoms with E-state index in [0.717, 1.165) is 23.1 Å². The zero-order valence-corrected chi connectivity index (χ0v) is 17.7. The maximum absolute atomic E-state index is 10.8. The highest BCUT2D eigenvalue weighted by Gasteiger charge is 2.58. The van der Waals surface area contributed by atoms with Crippen molar-refractivity contribution >= 4 is 11.6 Å². The average Bonchev–Trinajstić information content (AvgIpc) is 3.15. The lowest BCUT2D eigenvalue weighted by Crippen LogP contribution is -2.63. The van der Waals surface area contributed by atoms with Crippen molar-refractivity contribution in [1.29, 1.82) is 0 Å². The molecule has 2 aliphatic heterocycles. The molecule has 2 aromatic carbocycles. The van der Waals surface area contributed by atoms with Gasteiger partial charge >= 0.3 is 0 Å². The van der Waals surface area contributed by atoms with Crippen molar-refractivity contribution in [2.45, 2.75) is 56.6 Å². The van der Waals surface area contributed by atoms with Crippen molar-refractivity contribution in [2.75, 3.05) is 6.54 Å². The molecule has 2 aromatic rings. The second-order valence-corrected chi connectivity index (χ2v) is 8.26. The Kier molecular flexibility index (Phi) is 6.23. The van der Waals surface area contributed by atoms with E-state index in [1.165, 1.54) is 5.56 Å². The summed E-state index contributed by atoms with van der Waals surface area (Å²) in [4.78, 5) is 2.68. The molecule has 3 N–H and O–H groups in total. The molecule has 4 rings (SSSR count). The lowest BCUT2D eigenvalue weighted by atomic mass is 9.85. The standard InChI is InChI=1S/C22H24ClN3O5/c1-2-12-3-5-13(6-4-12)9-14-15-11-30-22(16(15)7-8-17(14)23)21(29)20(28)19(27)18(31-22)10-25-26-24/h3-8,18-21,27-29H,2,9-11H2,1H3/t18-,19-,20+,21-,22+/m1/s1. The van der Waals surface area contributed by atoms with E-state index in [9.17, 15) is 15.3 Å². The quantitative estimate of drug-likeness (QED) is 0.370. The van der Waals surface area contributed by atoms with Crippen LogP contribution in [0, 0.1) is 0 Å². The molecule has 0 amide bonds. The van der Waals surface area contributed by atoms with Crippen molar-refractivity contribution in [3.8, 4) is 0 Å². The van der Waals surface area contributed by atoms with Crippen molar-refractivity contribution in [1.82, 2.24) is 0 Å². The van der Waals surface area contributed by atoms with E-state index in [1.54, 1.807) is 12.1 Å². The van der Waals surface area contributed by atoms with Crippen molar-refractivity contribution in [3.63, 3.8) is 0 Å². The first-order chi connectivity index (χ1) is 14.9. The number of hydrogen-bond donors (Lipinski definition) is 3. The number of halogens is 1. The summed E-state index contributed by atoms with van der Waals surface area (Å²) in [6, 6.07) is 11.7. The SMILES string of the molecule is CCc1ccc(Cc2c(Cl)ccc3c2CO[C@]32O[C@H](CN=[N+]=[N-])[C@@H](O)[C@H](O)[C@H]2O)cc1. The van der Waals surface area contributed by atoms with Crippen LogP contribution >= 0.6 is 11.6 Å². The highest BCUT2D eigenvalue weighted by Crippen LogP contribution is 2.48. The molecule has 164 valence electrons. The third kappa shape index (κ3) is 3.81. The molecule has 5 atom stereocenters. The first-order valence-corrected chi connectivity index (χ1v) is 10.5. The van der Waals surface area contributed by atoms with Crippen LogP contribution in [0.15, 0.2) is 41.5 Å². The Hall–Kier alpha value is -2.16. The van der Waals surface area contributed by atoms with Crippen LogP contribution in [0.3, 0.4) is 0 Å². The summed E-state index contributed by atoms with van der Waals surface area (Å²) < 4.78 is 11.9. The van der Waals surface area contributed by atoms with Crippen LogP contribution in [0.4, 0.5) is 0 Å². The van der Waals surface area contributed by atoms with Gasteiger partial charge in [-0.25, -0.2) is 0 Å². The van der Waals surface area contributed by atoms with Crippen LogP contribution in [-0.4, -0.2) is 46.3 Å². The summed E-state index contributed by atoms with van der Waals surface area (Å²) in [5.74, 6) is -1.69. The number of fused-ring (bicyclic) bond motifs is 2. The van der Waals surface area contributed by atoms with Gasteiger partial charge in [0.25, 0.3) is 0 Å². The summed E-state index contributed by atoms with van der Waals surface area (Å²) >= 11 is 6.53. The number of ether oxygens (including phenoxy) is 2. The molecule has 2 aliphatic rings. The molecule has 1 fully saturated rings. The summed E-state index contributed by atoms with van der Waals surface area (Å²) in [6.07, 6.45) is -4.03. The Balaban J connectivity index is 1.72. The maximum Gasteiger partial charge on any atom is 0.225 e. The molecule has 0 bridgehead atoms. The van der Waals surface area contributed by atoms with Gasteiger partial charge < -0.3 is 24.8 Å². The second kappa shape index (κ2) is 8.76. The Bertz CT molecular complexity index is 1010. The number of azide groups is 1. The lowest BCUT2D eigenvalue weighted by Gasteiger charge is -2.46. The number of nitrogens with zero attached hydrogens (tertiary/aromatic N) is 3. The lowest BCUT2D eigenvalue weighted by molar-refractivity contribution is -0.363. The van der Waals surface area contributed by atoms with E-state index in [2.05, 4.69) is 41.2 Å². The van der Waals surface area contributed by atoms with Crippen LogP contribution in [-0.2, 0) is 34.7 Å². The maximum atomic E-state index is 10.8. The van der Waals surface area contributed by atoms with E-state index in [4.69, 9.17) is 26.6 Å². The minimum atomic E-state index is -1.69. The van der Waals surface area contributed by atoms with Gasteiger partial charge in [0.15, 0.2) is 0 Å². The summed E-state index contributed by atoms with van der Waals surface area (Å²) in [7, 11) is 0. The predicted octanol–water partition coefficient (Wildman–Crippen LogP) is 2.97. The largest absolute Gasteiger partial charge is 0.388 e. The van der Waals surface area contributed by atoms with Crippen molar-refractivity contribution in [3.05, 3.63) is 79.7 Å². The summed E-state index contributed by atoms with van der Waals surface area (Å²) in [5, 5.41) is 35.5. The Morgan fingerprint density at radius 2 is 1.84 bits per heavy atom. The van der Waals surface area contributed by atoms with E-state index >= 15 is 0 Å². The number of aryl methyl sites for hydroxylation is 1. The summed E-state index contributed by atoms with van der Waals surface area (Å²) in [5.41, 5.74) is 13.1. The van der Waals surface area contributed by atoms with Crippen molar-refractivity contribution < 1.29 is 24.8 Å². The number of hydrogen-bond acceptors (Lipinski definition) is 6. The van der Waals surface area contributed by atoms with Gasteiger partial charge in [0.2, 0.25) is 5.79 Å². The molecular formula is C22H24ClN3O5. The molecule has 31 heavy (non-hydrogen) atoms. The van der Waals surface area contributed by atoms with Gasteiger partial charge in [-0.1, -0.05) is 54.0 Å². The van der Waals surface area contributed by atoms with Gasteiger partial charge in [0, 0.05) is 15.5 Å². The molecule has 0 aromatic heterocycles. The number of aliphatic hydroxyl groups excluding tert-OH is 3. The number of benzene rings is 2. The number of rotatable bonds is 5. The molecule has 0 unspecified atom stereocenters. The van der Waals surface area contributed by atoms with Crippen LogP contribution in [0.2, 0.25) is 5.02 Å². The van der Waals surface area contributed by atoms with Gasteiger partial charge in [0.1, 0.15) is 18.3 Å². The third-order valence-electron chi connectivity index (χ3n) is 6.09. The average molecular weight is 446 g/mol. The van der Waals surface area contributed by atoms with Gasteiger partial charge in [-0.05, 0) is 46.7 Å². The van der Waals surface area contributed by atoms with Gasteiger partial charge in [-0.15, -0.1) is 0 Å². The van der Waals surface area contributed by atoms with Crippen LogP contribution in [0.1, 0.15) is 34.7 Å². The first kappa shape index (κ1) is 22.0. The fourth-order valence-corrected chi connectivity index (χ4v) is 4.55. The smallest absolute Gasteiger partial charge is 0.225 e. The normalized spacial score (nSPS) is 29.6. The predicted molar refractivity (Wildman–Crippen MR) is 113 cm³/mol. The monoisotopic (exact) mass is 445 g/mol. The molecular weight excluding hydrogens is 422 g/mol. The molecule has 1 spiro atoms. The molecule has 0 saturated carbocycles.